The highest BCUT2D eigenvalue weighted by Gasteiger charge is 1.99. The SMILES string of the molecule is CC.[B]c1nc(C)nc([B])c1I. The maximum Gasteiger partial charge on any atom is 0.143 e. The van der Waals surface area contributed by atoms with Gasteiger partial charge in [-0.15, -0.1) is 0 Å². The molecule has 0 saturated heterocycles. The summed E-state index contributed by atoms with van der Waals surface area (Å²) in [7, 11) is 11.0. The molecule has 1 heterocycles. The van der Waals surface area contributed by atoms with Crippen LogP contribution in [0.25, 0.3) is 0 Å². The largest absolute Gasteiger partial charge is 0.249 e. The van der Waals surface area contributed by atoms with E-state index in [9.17, 15) is 0 Å². The lowest BCUT2D eigenvalue weighted by Gasteiger charge is -2.02. The van der Waals surface area contributed by atoms with Crippen LogP contribution in [0.2, 0.25) is 0 Å². The molecule has 0 amide bonds. The first-order valence-corrected chi connectivity index (χ1v) is 4.74. The van der Waals surface area contributed by atoms with Crippen LogP contribution in [0.5, 0.6) is 0 Å². The molecule has 0 aliphatic carbocycles. The summed E-state index contributed by atoms with van der Waals surface area (Å²) in [4.78, 5) is 7.83. The topological polar surface area (TPSA) is 25.8 Å². The monoisotopic (exact) mass is 270 g/mol. The van der Waals surface area contributed by atoms with Gasteiger partial charge in [0.25, 0.3) is 0 Å². The zero-order chi connectivity index (χ0) is 9.72. The van der Waals surface area contributed by atoms with Crippen LogP contribution in [-0.4, -0.2) is 25.7 Å². The number of aryl methyl sites for hydroxylation is 1. The standard InChI is InChI=1S/C5H3B2IN2.C2H6/c1-2-9-4(6)3(8)5(7)10-2;1-2/h1H3;1-2H3. The molecule has 1 rings (SSSR count). The molecular formula is C7H9B2IN2. The van der Waals surface area contributed by atoms with Gasteiger partial charge in [0.2, 0.25) is 0 Å². The third-order valence-electron chi connectivity index (χ3n) is 1.01. The van der Waals surface area contributed by atoms with E-state index in [2.05, 4.69) is 9.97 Å². The van der Waals surface area contributed by atoms with Crippen LogP contribution < -0.4 is 11.2 Å². The molecule has 0 atom stereocenters. The molecule has 12 heavy (non-hydrogen) atoms. The van der Waals surface area contributed by atoms with E-state index in [0.717, 1.165) is 3.57 Å². The van der Waals surface area contributed by atoms with Gasteiger partial charge in [0.15, 0.2) is 0 Å². The second kappa shape index (κ2) is 5.56. The third-order valence-corrected chi connectivity index (χ3v) is 2.12. The number of hydrogen-bond donors (Lipinski definition) is 0. The molecule has 0 fully saturated rings. The van der Waals surface area contributed by atoms with Gasteiger partial charge in [-0.1, -0.05) is 13.8 Å². The lowest BCUT2D eigenvalue weighted by molar-refractivity contribution is 1.09. The van der Waals surface area contributed by atoms with Gasteiger partial charge in [-0.3, -0.25) is 0 Å². The third kappa shape index (κ3) is 3.13. The minimum atomic E-state index is 0.450. The van der Waals surface area contributed by atoms with Crippen LogP contribution in [0.3, 0.4) is 0 Å². The molecule has 5 heteroatoms. The van der Waals surface area contributed by atoms with E-state index in [-0.39, 0.29) is 0 Å². The normalized spacial score (nSPS) is 8.67. The summed E-state index contributed by atoms with van der Waals surface area (Å²) in [5.74, 6) is 0.607. The van der Waals surface area contributed by atoms with Crippen LogP contribution in [0, 0.1) is 10.5 Å². The minimum absolute atomic E-state index is 0.450. The fraction of sp³-hybridized carbons (Fsp3) is 0.429. The van der Waals surface area contributed by atoms with Crippen molar-refractivity contribution in [1.82, 2.24) is 9.97 Å². The highest BCUT2D eigenvalue weighted by Crippen LogP contribution is 1.91. The molecule has 0 aliphatic heterocycles. The van der Waals surface area contributed by atoms with E-state index in [1.165, 1.54) is 0 Å². The molecule has 0 unspecified atom stereocenters. The molecule has 4 radical (unpaired) electrons. The molecule has 0 aliphatic rings. The maximum atomic E-state index is 5.48. The second-order valence-corrected chi connectivity index (χ2v) is 2.93. The fourth-order valence-corrected chi connectivity index (χ4v) is 0.844. The molecule has 0 N–H and O–H groups in total. The van der Waals surface area contributed by atoms with Gasteiger partial charge in [-0.25, -0.2) is 9.97 Å². The fourth-order valence-electron chi connectivity index (χ4n) is 0.603. The number of hydrogen-bond acceptors (Lipinski definition) is 2. The van der Waals surface area contributed by atoms with Crippen molar-refractivity contribution in [2.75, 3.05) is 0 Å². The van der Waals surface area contributed by atoms with Crippen molar-refractivity contribution in [3.05, 3.63) is 9.39 Å². The molecule has 1 aromatic rings. The van der Waals surface area contributed by atoms with Gasteiger partial charge in [0, 0.05) is 14.8 Å². The van der Waals surface area contributed by atoms with E-state index in [1.54, 1.807) is 6.92 Å². The second-order valence-electron chi connectivity index (χ2n) is 1.86. The average Bonchev–Trinajstić information content (AvgIpc) is 2.04. The van der Waals surface area contributed by atoms with E-state index in [0.29, 0.717) is 17.0 Å². The molecule has 0 saturated carbocycles. The van der Waals surface area contributed by atoms with Crippen LogP contribution in [0.4, 0.5) is 0 Å². The van der Waals surface area contributed by atoms with Crippen LogP contribution in [-0.2, 0) is 0 Å². The number of aromatic nitrogens is 2. The Balaban J connectivity index is 0.000000561. The minimum Gasteiger partial charge on any atom is -0.249 e. The maximum absolute atomic E-state index is 5.48. The average molecular weight is 270 g/mol. The zero-order valence-corrected chi connectivity index (χ0v) is 9.58. The smallest absolute Gasteiger partial charge is 0.143 e. The zero-order valence-electron chi connectivity index (χ0n) is 7.43. The Morgan fingerprint density at radius 3 is 1.75 bits per heavy atom. The first-order valence-electron chi connectivity index (χ1n) is 3.66. The quantitative estimate of drug-likeness (QED) is 0.490. The van der Waals surface area contributed by atoms with E-state index < -0.39 is 0 Å². The van der Waals surface area contributed by atoms with Crippen LogP contribution in [0.1, 0.15) is 19.7 Å². The Labute approximate surface area is 89.5 Å². The van der Waals surface area contributed by atoms with Crippen molar-refractivity contribution >= 4 is 49.5 Å². The highest BCUT2D eigenvalue weighted by atomic mass is 127. The first-order chi connectivity index (χ1) is 5.61. The van der Waals surface area contributed by atoms with Crippen molar-refractivity contribution in [2.24, 2.45) is 0 Å². The summed E-state index contributed by atoms with van der Waals surface area (Å²) in [6, 6.07) is 0. The molecular weight excluding hydrogens is 261 g/mol. The highest BCUT2D eigenvalue weighted by molar-refractivity contribution is 14.1. The molecule has 60 valence electrons. The predicted molar refractivity (Wildman–Crippen MR) is 61.6 cm³/mol. The summed E-state index contributed by atoms with van der Waals surface area (Å²) in [6.07, 6.45) is 0. The number of rotatable bonds is 0. The van der Waals surface area contributed by atoms with Gasteiger partial charge in [0.05, 0.1) is 0 Å². The Hall–Kier alpha value is -0.0601. The van der Waals surface area contributed by atoms with Gasteiger partial charge < -0.3 is 0 Å². The van der Waals surface area contributed by atoms with Gasteiger partial charge in [-0.05, 0) is 29.5 Å². The molecule has 2 nitrogen and oxygen atoms in total. The van der Waals surface area contributed by atoms with Crippen molar-refractivity contribution in [1.29, 1.82) is 0 Å². The van der Waals surface area contributed by atoms with Gasteiger partial charge >= 0.3 is 0 Å². The molecule has 0 bridgehead atoms. The van der Waals surface area contributed by atoms with E-state index in [1.807, 2.05) is 36.4 Å². The molecule has 0 aromatic carbocycles. The van der Waals surface area contributed by atoms with E-state index in [4.69, 9.17) is 15.7 Å². The summed E-state index contributed by atoms with van der Waals surface area (Å²) >= 11 is 2.01. The first kappa shape index (κ1) is 11.9. The Morgan fingerprint density at radius 2 is 1.42 bits per heavy atom. The lowest BCUT2D eigenvalue weighted by Crippen LogP contribution is -2.27. The van der Waals surface area contributed by atoms with Gasteiger partial charge in [0.1, 0.15) is 21.5 Å². The van der Waals surface area contributed by atoms with Crippen LogP contribution in [0.15, 0.2) is 0 Å². The van der Waals surface area contributed by atoms with Crippen LogP contribution >= 0.6 is 22.6 Å². The molecule has 1 aromatic heterocycles. The lowest BCUT2D eigenvalue weighted by atomic mass is 9.97. The summed E-state index contributed by atoms with van der Waals surface area (Å²) < 4.78 is 0.725. The van der Waals surface area contributed by atoms with Crippen molar-refractivity contribution in [2.45, 2.75) is 20.8 Å². The van der Waals surface area contributed by atoms with Gasteiger partial charge in [-0.2, -0.15) is 0 Å². The Kier molecular flexibility index (Phi) is 5.53. The Morgan fingerprint density at radius 1 is 1.08 bits per heavy atom. The number of nitrogens with zero attached hydrogens (tertiary/aromatic N) is 2. The Bertz CT molecular complexity index is 243. The van der Waals surface area contributed by atoms with Crippen molar-refractivity contribution < 1.29 is 0 Å². The van der Waals surface area contributed by atoms with Crippen molar-refractivity contribution in [3.8, 4) is 0 Å². The summed E-state index contributed by atoms with van der Waals surface area (Å²) in [6.45, 7) is 5.75. The number of halogens is 1. The predicted octanol–water partition coefficient (Wildman–Crippen LogP) is 0.00342. The van der Waals surface area contributed by atoms with E-state index >= 15 is 0 Å². The van der Waals surface area contributed by atoms with Crippen molar-refractivity contribution in [3.63, 3.8) is 0 Å². The molecule has 0 spiro atoms. The summed E-state index contributed by atoms with van der Waals surface area (Å²) in [5.41, 5.74) is 0.899. The summed E-state index contributed by atoms with van der Waals surface area (Å²) in [5, 5.41) is 0.